The second-order valence-electron chi connectivity index (χ2n) is 13.7. The van der Waals surface area contributed by atoms with Gasteiger partial charge in [0, 0.05) is 19.3 Å². The van der Waals surface area contributed by atoms with E-state index in [0.29, 0.717) is 19.3 Å². The molecule has 0 unspecified atom stereocenters. The maximum absolute atomic E-state index is 10.3. The third kappa shape index (κ3) is 60.3. The van der Waals surface area contributed by atoms with Crippen molar-refractivity contribution in [3.63, 3.8) is 0 Å². The van der Waals surface area contributed by atoms with Crippen LogP contribution in [0.1, 0.15) is 245 Å². The van der Waals surface area contributed by atoms with Crippen molar-refractivity contribution in [1.29, 1.82) is 0 Å². The van der Waals surface area contributed by atoms with E-state index in [0.717, 1.165) is 38.5 Å². The fourth-order valence-corrected chi connectivity index (χ4v) is 5.64. The number of unbranched alkanes of at least 4 members (excludes halogenated alkanes) is 29. The van der Waals surface area contributed by atoms with Crippen molar-refractivity contribution < 1.29 is 29.7 Å². The fourth-order valence-electron chi connectivity index (χ4n) is 5.64. The normalized spacial score (nSPS) is 10.5. The molecule has 0 spiro atoms. The van der Waals surface area contributed by atoms with Crippen LogP contribution in [0.25, 0.3) is 0 Å². The first-order valence-electron chi connectivity index (χ1n) is 20.5. The summed E-state index contributed by atoms with van der Waals surface area (Å²) in [5.74, 6) is -1.97. The van der Waals surface area contributed by atoms with Crippen LogP contribution in [0.5, 0.6) is 0 Å². The number of aliphatic carboxylic acids is 3. The molecule has 3 N–H and O–H groups in total. The molecule has 282 valence electrons. The van der Waals surface area contributed by atoms with Crippen molar-refractivity contribution in [2.45, 2.75) is 245 Å². The van der Waals surface area contributed by atoms with Crippen LogP contribution in [0.3, 0.4) is 0 Å². The molecule has 0 bridgehead atoms. The molecule has 47 heavy (non-hydrogen) atoms. The number of hydrogen-bond donors (Lipinski definition) is 3. The van der Waals surface area contributed by atoms with Crippen molar-refractivity contribution in [2.24, 2.45) is 0 Å². The van der Waals surface area contributed by atoms with Crippen molar-refractivity contribution in [1.82, 2.24) is 0 Å². The lowest BCUT2D eigenvalue weighted by Crippen LogP contribution is -1.93. The van der Waals surface area contributed by atoms with Gasteiger partial charge in [0.25, 0.3) is 0 Å². The first kappa shape index (κ1) is 49.8. The minimum atomic E-state index is -0.659. The van der Waals surface area contributed by atoms with Crippen LogP contribution in [-0.2, 0) is 14.4 Å². The van der Waals surface area contributed by atoms with Gasteiger partial charge in [0.05, 0.1) is 0 Å². The quantitative estimate of drug-likeness (QED) is 0.0578. The van der Waals surface area contributed by atoms with Crippen LogP contribution < -0.4 is 0 Å². The molecule has 0 aliphatic heterocycles. The molecule has 0 fully saturated rings. The maximum atomic E-state index is 10.3. The van der Waals surface area contributed by atoms with E-state index in [1.807, 2.05) is 0 Å². The summed E-state index contributed by atoms with van der Waals surface area (Å²) < 4.78 is 0. The SMILES string of the molecule is CCCCCCCCCCCC(=O)O.CCCCCCCCCCCCCC(=O)O.CCCCCCCCCCCCCCC(=O)O. The van der Waals surface area contributed by atoms with Gasteiger partial charge in [0.15, 0.2) is 0 Å². The van der Waals surface area contributed by atoms with Crippen LogP contribution in [0.4, 0.5) is 0 Å². The minimum Gasteiger partial charge on any atom is -0.481 e. The molecule has 0 aliphatic rings. The second kappa shape index (κ2) is 46.5. The molecule has 0 aromatic heterocycles. The first-order chi connectivity index (χ1) is 22.8. The lowest BCUT2D eigenvalue weighted by Gasteiger charge is -2.02. The molecule has 0 atom stereocenters. The first-order valence-corrected chi connectivity index (χ1v) is 20.5. The molecule has 0 aromatic rings. The Kier molecular flexibility index (Phi) is 49.3. The van der Waals surface area contributed by atoms with E-state index in [2.05, 4.69) is 20.8 Å². The van der Waals surface area contributed by atoms with E-state index in [1.165, 1.54) is 167 Å². The molecule has 0 radical (unpaired) electrons. The summed E-state index contributed by atoms with van der Waals surface area (Å²) in [5.41, 5.74) is 0. The van der Waals surface area contributed by atoms with Gasteiger partial charge in [-0.25, -0.2) is 0 Å². The Labute approximate surface area is 292 Å². The number of carbonyl (C=O) groups is 3. The Morgan fingerprint density at radius 3 is 0.511 bits per heavy atom. The van der Waals surface area contributed by atoms with Crippen LogP contribution in [0, 0.1) is 0 Å². The summed E-state index contributed by atoms with van der Waals surface area (Å²) in [7, 11) is 0. The van der Waals surface area contributed by atoms with Crippen molar-refractivity contribution in [3.8, 4) is 0 Å². The number of carboxylic acids is 3. The zero-order valence-corrected chi connectivity index (χ0v) is 31.8. The fraction of sp³-hybridized carbons (Fsp3) is 0.927. The van der Waals surface area contributed by atoms with E-state index in [9.17, 15) is 14.4 Å². The molecular weight excluding hydrogens is 588 g/mol. The Hall–Kier alpha value is -1.59. The minimum absolute atomic E-state index is 0.343. The third-order valence-electron chi connectivity index (χ3n) is 8.73. The molecule has 6 heteroatoms. The molecule has 0 aromatic carbocycles. The summed E-state index contributed by atoms with van der Waals surface area (Å²) >= 11 is 0. The van der Waals surface area contributed by atoms with Gasteiger partial charge in [-0.2, -0.15) is 0 Å². The molecule has 0 rings (SSSR count). The van der Waals surface area contributed by atoms with Crippen LogP contribution in [0.2, 0.25) is 0 Å². The molecule has 0 heterocycles. The average Bonchev–Trinajstić information content (AvgIpc) is 3.03. The smallest absolute Gasteiger partial charge is 0.303 e. The third-order valence-corrected chi connectivity index (χ3v) is 8.73. The summed E-state index contributed by atoms with van der Waals surface area (Å²) in [6.07, 6.45) is 41.6. The highest BCUT2D eigenvalue weighted by Crippen LogP contribution is 2.14. The lowest BCUT2D eigenvalue weighted by molar-refractivity contribution is -0.138. The predicted molar refractivity (Wildman–Crippen MR) is 202 cm³/mol. The Morgan fingerprint density at radius 2 is 0.383 bits per heavy atom. The van der Waals surface area contributed by atoms with Gasteiger partial charge in [-0.3, -0.25) is 14.4 Å². The zero-order valence-electron chi connectivity index (χ0n) is 31.8. The number of rotatable bonds is 35. The Bertz CT molecular complexity index is 621. The standard InChI is InChI=1S/C15H30O2.C14H28O2.C12H24O2/c1-2-3-4-5-6-7-8-9-10-11-12-13-14-15(16)17;1-2-3-4-5-6-7-8-9-10-11-12-13-14(15)16;1-2-3-4-5-6-7-8-9-10-11-12(13)14/h2-14H2,1H3,(H,16,17);2-13H2,1H3,(H,15,16);2-11H2,1H3,(H,13,14). The number of hydrogen-bond acceptors (Lipinski definition) is 3. The lowest BCUT2D eigenvalue weighted by atomic mass is 10.0. The van der Waals surface area contributed by atoms with Crippen molar-refractivity contribution in [3.05, 3.63) is 0 Å². The van der Waals surface area contributed by atoms with Gasteiger partial charge in [-0.05, 0) is 19.3 Å². The van der Waals surface area contributed by atoms with Crippen LogP contribution in [-0.4, -0.2) is 33.2 Å². The van der Waals surface area contributed by atoms with E-state index in [1.54, 1.807) is 0 Å². The summed E-state index contributed by atoms with van der Waals surface area (Å²) in [6.45, 7) is 6.73. The Balaban J connectivity index is -0.000000621. The highest BCUT2D eigenvalue weighted by Gasteiger charge is 1.99. The van der Waals surface area contributed by atoms with E-state index in [4.69, 9.17) is 15.3 Å². The molecule has 0 amide bonds. The van der Waals surface area contributed by atoms with Gasteiger partial charge in [0.1, 0.15) is 0 Å². The van der Waals surface area contributed by atoms with E-state index < -0.39 is 17.9 Å². The highest BCUT2D eigenvalue weighted by atomic mass is 16.4. The van der Waals surface area contributed by atoms with Crippen LogP contribution >= 0.6 is 0 Å². The van der Waals surface area contributed by atoms with E-state index >= 15 is 0 Å². The van der Waals surface area contributed by atoms with Crippen molar-refractivity contribution >= 4 is 17.9 Å². The molecule has 6 nitrogen and oxygen atoms in total. The topological polar surface area (TPSA) is 112 Å². The molecule has 0 saturated heterocycles. The molecule has 0 aliphatic carbocycles. The summed E-state index contributed by atoms with van der Waals surface area (Å²) in [5, 5.41) is 25.3. The van der Waals surface area contributed by atoms with E-state index in [-0.39, 0.29) is 0 Å². The van der Waals surface area contributed by atoms with Gasteiger partial charge in [0.2, 0.25) is 0 Å². The summed E-state index contributed by atoms with van der Waals surface area (Å²) in [4.78, 5) is 30.7. The molecule has 0 saturated carbocycles. The largest absolute Gasteiger partial charge is 0.481 e. The van der Waals surface area contributed by atoms with Gasteiger partial charge < -0.3 is 15.3 Å². The maximum Gasteiger partial charge on any atom is 0.303 e. The van der Waals surface area contributed by atoms with Crippen molar-refractivity contribution in [2.75, 3.05) is 0 Å². The van der Waals surface area contributed by atoms with Gasteiger partial charge in [-0.15, -0.1) is 0 Å². The predicted octanol–water partition coefficient (Wildman–Crippen LogP) is 13.9. The Morgan fingerprint density at radius 1 is 0.255 bits per heavy atom. The highest BCUT2D eigenvalue weighted by molar-refractivity contribution is 5.67. The van der Waals surface area contributed by atoms with Gasteiger partial charge >= 0.3 is 17.9 Å². The average molecular weight is 671 g/mol. The van der Waals surface area contributed by atoms with Gasteiger partial charge in [-0.1, -0.05) is 207 Å². The monoisotopic (exact) mass is 671 g/mol. The second-order valence-corrected chi connectivity index (χ2v) is 13.7. The number of carboxylic acid groups (broad SMARTS) is 3. The molecular formula is C41H82O6. The zero-order chi connectivity index (χ0) is 35.5. The van der Waals surface area contributed by atoms with Crippen LogP contribution in [0.15, 0.2) is 0 Å². The summed E-state index contributed by atoms with van der Waals surface area (Å²) in [6, 6.07) is 0.